The van der Waals surface area contributed by atoms with E-state index in [1.165, 1.54) is 30.4 Å². The Morgan fingerprint density at radius 1 is 1.25 bits per heavy atom. The standard InChI is InChI=1S/C15H19Cl/c1-11-4-3-5-14(12(11)2)10-13-6-8-15(16)9-7-13/h6-9,11,14H,2-5,10H2,1H3. The Labute approximate surface area is 103 Å². The van der Waals surface area contributed by atoms with Crippen LogP contribution in [-0.4, -0.2) is 0 Å². The lowest BCUT2D eigenvalue weighted by Crippen LogP contribution is -2.18. The van der Waals surface area contributed by atoms with E-state index in [0.717, 1.165) is 11.4 Å². The van der Waals surface area contributed by atoms with E-state index in [1.54, 1.807) is 0 Å². The topological polar surface area (TPSA) is 0 Å². The highest BCUT2D eigenvalue weighted by Gasteiger charge is 2.22. The van der Waals surface area contributed by atoms with Crippen LogP contribution in [0.1, 0.15) is 31.7 Å². The third-order valence-electron chi connectivity index (χ3n) is 3.74. The second-order valence-corrected chi connectivity index (χ2v) is 5.37. The highest BCUT2D eigenvalue weighted by atomic mass is 35.5. The van der Waals surface area contributed by atoms with E-state index >= 15 is 0 Å². The van der Waals surface area contributed by atoms with Crippen molar-refractivity contribution in [2.24, 2.45) is 11.8 Å². The molecule has 1 aromatic rings. The molecule has 0 amide bonds. The largest absolute Gasteiger partial charge is 0.0993 e. The molecule has 1 saturated carbocycles. The fraction of sp³-hybridized carbons (Fsp3) is 0.467. The van der Waals surface area contributed by atoms with Crippen LogP contribution in [0.25, 0.3) is 0 Å². The van der Waals surface area contributed by atoms with Gasteiger partial charge in [-0.25, -0.2) is 0 Å². The third kappa shape index (κ3) is 2.68. The lowest BCUT2D eigenvalue weighted by atomic mass is 9.76. The molecule has 0 bridgehead atoms. The highest BCUT2D eigenvalue weighted by molar-refractivity contribution is 6.30. The Morgan fingerprint density at radius 2 is 1.94 bits per heavy atom. The average molecular weight is 235 g/mol. The molecule has 2 unspecified atom stereocenters. The van der Waals surface area contributed by atoms with Gasteiger partial charge in [-0.05, 0) is 48.8 Å². The molecule has 0 aliphatic heterocycles. The Balaban J connectivity index is 2.03. The molecule has 0 spiro atoms. The maximum atomic E-state index is 5.89. The molecule has 2 rings (SSSR count). The summed E-state index contributed by atoms with van der Waals surface area (Å²) < 4.78 is 0. The van der Waals surface area contributed by atoms with E-state index in [0.29, 0.717) is 11.8 Å². The molecule has 1 aliphatic carbocycles. The van der Waals surface area contributed by atoms with E-state index in [-0.39, 0.29) is 0 Å². The predicted octanol–water partition coefficient (Wildman–Crippen LogP) is 4.87. The normalized spacial score (nSPS) is 25.8. The van der Waals surface area contributed by atoms with Crippen LogP contribution in [0.15, 0.2) is 36.4 Å². The molecule has 1 aliphatic rings. The molecule has 0 heterocycles. The maximum Gasteiger partial charge on any atom is 0.0406 e. The maximum absolute atomic E-state index is 5.89. The van der Waals surface area contributed by atoms with Crippen molar-refractivity contribution in [3.8, 4) is 0 Å². The first-order chi connectivity index (χ1) is 7.66. The highest BCUT2D eigenvalue weighted by Crippen LogP contribution is 2.34. The first-order valence-electron chi connectivity index (χ1n) is 6.10. The third-order valence-corrected chi connectivity index (χ3v) is 3.99. The van der Waals surface area contributed by atoms with Gasteiger partial charge >= 0.3 is 0 Å². The summed E-state index contributed by atoms with van der Waals surface area (Å²) in [6, 6.07) is 8.22. The molecule has 0 aromatic heterocycles. The first-order valence-corrected chi connectivity index (χ1v) is 6.47. The first kappa shape index (κ1) is 11.7. The number of allylic oxidation sites excluding steroid dienone is 1. The van der Waals surface area contributed by atoms with E-state index in [2.05, 4.69) is 25.6 Å². The molecule has 1 heteroatoms. The zero-order valence-corrected chi connectivity index (χ0v) is 10.6. The predicted molar refractivity (Wildman–Crippen MR) is 70.8 cm³/mol. The van der Waals surface area contributed by atoms with Gasteiger partial charge in [0.05, 0.1) is 0 Å². The minimum Gasteiger partial charge on any atom is -0.0993 e. The summed E-state index contributed by atoms with van der Waals surface area (Å²) in [6.07, 6.45) is 5.08. The van der Waals surface area contributed by atoms with Gasteiger partial charge in [-0.1, -0.05) is 49.2 Å². The molecular formula is C15H19Cl. The minimum absolute atomic E-state index is 0.671. The molecule has 0 N–H and O–H groups in total. The van der Waals surface area contributed by atoms with E-state index in [1.807, 2.05) is 12.1 Å². The van der Waals surface area contributed by atoms with Crippen molar-refractivity contribution >= 4 is 11.6 Å². The van der Waals surface area contributed by atoms with Crippen molar-refractivity contribution in [3.63, 3.8) is 0 Å². The van der Waals surface area contributed by atoms with Crippen LogP contribution < -0.4 is 0 Å². The van der Waals surface area contributed by atoms with Crippen LogP contribution in [-0.2, 0) is 6.42 Å². The molecule has 86 valence electrons. The summed E-state index contributed by atoms with van der Waals surface area (Å²) in [6.45, 7) is 6.57. The van der Waals surface area contributed by atoms with Crippen molar-refractivity contribution in [3.05, 3.63) is 47.0 Å². The lowest BCUT2D eigenvalue weighted by molar-refractivity contribution is 0.384. The molecular weight excluding hydrogens is 216 g/mol. The van der Waals surface area contributed by atoms with Gasteiger partial charge in [0, 0.05) is 5.02 Å². The number of hydrogen-bond acceptors (Lipinski definition) is 0. The lowest BCUT2D eigenvalue weighted by Gasteiger charge is -2.29. The fourth-order valence-corrected chi connectivity index (χ4v) is 2.71. The Bertz CT molecular complexity index is 364. The van der Waals surface area contributed by atoms with Crippen molar-refractivity contribution in [2.75, 3.05) is 0 Å². The molecule has 1 aromatic carbocycles. The summed E-state index contributed by atoms with van der Waals surface area (Å²) >= 11 is 5.89. The van der Waals surface area contributed by atoms with Crippen LogP contribution in [0.2, 0.25) is 5.02 Å². The van der Waals surface area contributed by atoms with Crippen LogP contribution in [0.4, 0.5) is 0 Å². The summed E-state index contributed by atoms with van der Waals surface area (Å²) in [5.74, 6) is 1.37. The number of benzene rings is 1. The van der Waals surface area contributed by atoms with Gasteiger partial charge in [0.15, 0.2) is 0 Å². The molecule has 16 heavy (non-hydrogen) atoms. The summed E-state index contributed by atoms with van der Waals surface area (Å²) in [7, 11) is 0. The van der Waals surface area contributed by atoms with Crippen molar-refractivity contribution in [1.29, 1.82) is 0 Å². The van der Waals surface area contributed by atoms with Crippen LogP contribution in [0.3, 0.4) is 0 Å². The second kappa shape index (κ2) is 5.05. The van der Waals surface area contributed by atoms with Gasteiger partial charge < -0.3 is 0 Å². The fourth-order valence-electron chi connectivity index (χ4n) is 2.58. The van der Waals surface area contributed by atoms with E-state index in [4.69, 9.17) is 11.6 Å². The summed E-state index contributed by atoms with van der Waals surface area (Å²) in [4.78, 5) is 0. The van der Waals surface area contributed by atoms with Crippen LogP contribution >= 0.6 is 11.6 Å². The summed E-state index contributed by atoms with van der Waals surface area (Å²) in [5.41, 5.74) is 2.82. The summed E-state index contributed by atoms with van der Waals surface area (Å²) in [5, 5.41) is 0.819. The molecule has 0 saturated heterocycles. The molecule has 0 radical (unpaired) electrons. The van der Waals surface area contributed by atoms with Crippen LogP contribution in [0.5, 0.6) is 0 Å². The Hall–Kier alpha value is -0.750. The molecule has 0 nitrogen and oxygen atoms in total. The molecule has 1 fully saturated rings. The van der Waals surface area contributed by atoms with Gasteiger partial charge in [0.1, 0.15) is 0 Å². The quantitative estimate of drug-likeness (QED) is 0.640. The van der Waals surface area contributed by atoms with Gasteiger partial charge in [0.2, 0.25) is 0 Å². The number of rotatable bonds is 2. The Kier molecular flexibility index (Phi) is 3.70. The molecule has 2 atom stereocenters. The van der Waals surface area contributed by atoms with E-state index < -0.39 is 0 Å². The zero-order chi connectivity index (χ0) is 11.5. The number of hydrogen-bond donors (Lipinski definition) is 0. The van der Waals surface area contributed by atoms with Crippen molar-refractivity contribution in [1.82, 2.24) is 0 Å². The monoisotopic (exact) mass is 234 g/mol. The van der Waals surface area contributed by atoms with Crippen LogP contribution in [0, 0.1) is 11.8 Å². The van der Waals surface area contributed by atoms with Crippen molar-refractivity contribution in [2.45, 2.75) is 32.6 Å². The smallest absolute Gasteiger partial charge is 0.0406 e. The van der Waals surface area contributed by atoms with E-state index in [9.17, 15) is 0 Å². The van der Waals surface area contributed by atoms with Gasteiger partial charge in [-0.2, -0.15) is 0 Å². The van der Waals surface area contributed by atoms with Gasteiger partial charge in [-0.3, -0.25) is 0 Å². The van der Waals surface area contributed by atoms with Gasteiger partial charge in [-0.15, -0.1) is 0 Å². The minimum atomic E-state index is 0.671. The zero-order valence-electron chi connectivity index (χ0n) is 9.88. The van der Waals surface area contributed by atoms with Crippen molar-refractivity contribution < 1.29 is 0 Å². The Morgan fingerprint density at radius 3 is 2.62 bits per heavy atom. The average Bonchev–Trinajstić information content (AvgIpc) is 2.28. The van der Waals surface area contributed by atoms with Gasteiger partial charge in [0.25, 0.3) is 0 Å². The second-order valence-electron chi connectivity index (χ2n) is 4.93. The number of halogens is 1. The SMILES string of the molecule is C=C1C(C)CCCC1Cc1ccc(Cl)cc1.